The quantitative estimate of drug-likeness (QED) is 0.899. The average molecular weight is 261 g/mol. The number of β-amino-alcohol motifs (C(OH)–C–C–N with tert-alkyl or cyclic N) is 1. The van der Waals surface area contributed by atoms with Crippen molar-refractivity contribution in [2.45, 2.75) is 39.7 Å². The second-order valence-electron chi connectivity index (χ2n) is 6.11. The number of nitrogens with zero attached hydrogens (tertiary/aromatic N) is 1. The van der Waals surface area contributed by atoms with Gasteiger partial charge in [0.25, 0.3) is 0 Å². The third kappa shape index (κ3) is 3.80. The van der Waals surface area contributed by atoms with Gasteiger partial charge in [-0.2, -0.15) is 0 Å². The van der Waals surface area contributed by atoms with E-state index in [-0.39, 0.29) is 6.10 Å². The molecule has 3 atom stereocenters. The van der Waals surface area contributed by atoms with Crippen molar-refractivity contribution < 1.29 is 5.11 Å². The van der Waals surface area contributed by atoms with Gasteiger partial charge in [0.1, 0.15) is 0 Å². The summed E-state index contributed by atoms with van der Waals surface area (Å²) >= 11 is 0. The van der Waals surface area contributed by atoms with E-state index in [1.807, 2.05) is 0 Å². The minimum atomic E-state index is -0.355. The van der Waals surface area contributed by atoms with Crippen LogP contribution >= 0.6 is 0 Å². The number of aryl methyl sites for hydroxylation is 1. The van der Waals surface area contributed by atoms with Crippen molar-refractivity contribution in [2.75, 3.05) is 19.6 Å². The highest BCUT2D eigenvalue weighted by Crippen LogP contribution is 2.24. The van der Waals surface area contributed by atoms with Crippen LogP contribution in [0.5, 0.6) is 0 Å². The zero-order valence-electron chi connectivity index (χ0n) is 12.5. The number of benzene rings is 1. The fourth-order valence-electron chi connectivity index (χ4n) is 2.84. The van der Waals surface area contributed by atoms with E-state index in [1.165, 1.54) is 12.0 Å². The molecule has 1 aromatic carbocycles. The van der Waals surface area contributed by atoms with Crippen LogP contribution in [-0.4, -0.2) is 29.6 Å². The summed E-state index contributed by atoms with van der Waals surface area (Å²) in [5.74, 6) is 1.56. The van der Waals surface area contributed by atoms with Crippen molar-refractivity contribution in [3.8, 4) is 0 Å². The van der Waals surface area contributed by atoms with Crippen LogP contribution in [0.4, 0.5) is 0 Å². The molecule has 0 amide bonds. The molecule has 0 bridgehead atoms. The third-order valence-electron chi connectivity index (χ3n) is 4.62. The van der Waals surface area contributed by atoms with Crippen LogP contribution in [0.3, 0.4) is 0 Å². The van der Waals surface area contributed by atoms with Crippen LogP contribution in [0.25, 0.3) is 0 Å². The van der Waals surface area contributed by atoms with E-state index in [4.69, 9.17) is 0 Å². The summed E-state index contributed by atoms with van der Waals surface area (Å²) in [7, 11) is 0. The maximum atomic E-state index is 10.3. The summed E-state index contributed by atoms with van der Waals surface area (Å²) in [6, 6.07) is 8.39. The van der Waals surface area contributed by atoms with Crippen LogP contribution in [-0.2, 0) is 6.42 Å². The van der Waals surface area contributed by atoms with Crippen LogP contribution in [0.1, 0.15) is 44.4 Å². The van der Waals surface area contributed by atoms with Crippen LogP contribution in [0.15, 0.2) is 24.3 Å². The molecule has 106 valence electrons. The lowest BCUT2D eigenvalue weighted by molar-refractivity contribution is 0.0705. The molecule has 0 saturated carbocycles. The van der Waals surface area contributed by atoms with Crippen LogP contribution in [0.2, 0.25) is 0 Å². The minimum absolute atomic E-state index is 0.355. The van der Waals surface area contributed by atoms with Gasteiger partial charge in [-0.05, 0) is 42.3 Å². The summed E-state index contributed by atoms with van der Waals surface area (Å²) in [5.41, 5.74) is 2.37. The standard InChI is InChI=1S/C17H27NO/c1-4-15-5-7-16(8-6-15)17(19)12-18-10-9-13(2)14(3)11-18/h5-8,13-14,17,19H,4,9-12H2,1-3H3. The smallest absolute Gasteiger partial charge is 0.0916 e. The molecule has 0 spiro atoms. The lowest BCUT2D eigenvalue weighted by atomic mass is 9.88. The van der Waals surface area contributed by atoms with Gasteiger partial charge in [0, 0.05) is 13.1 Å². The Hall–Kier alpha value is -0.860. The second-order valence-corrected chi connectivity index (χ2v) is 6.11. The van der Waals surface area contributed by atoms with Crippen molar-refractivity contribution in [1.82, 2.24) is 4.90 Å². The van der Waals surface area contributed by atoms with Gasteiger partial charge in [0.15, 0.2) is 0 Å². The molecule has 0 radical (unpaired) electrons. The Kier molecular flexibility index (Phi) is 5.00. The van der Waals surface area contributed by atoms with E-state index in [0.29, 0.717) is 0 Å². The number of rotatable bonds is 4. The number of aliphatic hydroxyl groups is 1. The SMILES string of the molecule is CCc1ccc(C(O)CN2CCC(C)C(C)C2)cc1. The molecular weight excluding hydrogens is 234 g/mol. The Balaban J connectivity index is 1.91. The number of aliphatic hydroxyl groups excluding tert-OH is 1. The Morgan fingerprint density at radius 3 is 2.47 bits per heavy atom. The van der Waals surface area contributed by atoms with Crippen LogP contribution in [0, 0.1) is 11.8 Å². The molecule has 1 fully saturated rings. The molecular formula is C17H27NO. The molecule has 3 unspecified atom stereocenters. The number of hydrogen-bond acceptors (Lipinski definition) is 2. The zero-order chi connectivity index (χ0) is 13.8. The predicted molar refractivity (Wildman–Crippen MR) is 80.2 cm³/mol. The van der Waals surface area contributed by atoms with Crippen molar-refractivity contribution in [1.29, 1.82) is 0 Å². The monoisotopic (exact) mass is 261 g/mol. The molecule has 1 heterocycles. The lowest BCUT2D eigenvalue weighted by Gasteiger charge is -2.36. The summed E-state index contributed by atoms with van der Waals surface area (Å²) in [6.07, 6.45) is 1.95. The first-order chi connectivity index (χ1) is 9.10. The highest BCUT2D eigenvalue weighted by Gasteiger charge is 2.24. The third-order valence-corrected chi connectivity index (χ3v) is 4.62. The van der Waals surface area contributed by atoms with Gasteiger partial charge in [-0.15, -0.1) is 0 Å². The Morgan fingerprint density at radius 2 is 1.89 bits per heavy atom. The average Bonchev–Trinajstić information content (AvgIpc) is 2.43. The molecule has 0 aliphatic carbocycles. The Bertz CT molecular complexity index is 387. The first-order valence-electron chi connectivity index (χ1n) is 7.59. The fraction of sp³-hybridized carbons (Fsp3) is 0.647. The number of likely N-dealkylation sites (tertiary alicyclic amines) is 1. The van der Waals surface area contributed by atoms with E-state index in [9.17, 15) is 5.11 Å². The van der Waals surface area contributed by atoms with Gasteiger partial charge in [-0.3, -0.25) is 0 Å². The summed E-state index contributed by atoms with van der Waals surface area (Å²) in [6.45, 7) is 9.81. The van der Waals surface area contributed by atoms with E-state index < -0.39 is 0 Å². The molecule has 1 saturated heterocycles. The van der Waals surface area contributed by atoms with E-state index in [1.54, 1.807) is 0 Å². The summed E-state index contributed by atoms with van der Waals surface area (Å²) < 4.78 is 0. The first kappa shape index (κ1) is 14.5. The van der Waals surface area contributed by atoms with Gasteiger partial charge < -0.3 is 10.0 Å². The van der Waals surface area contributed by atoms with Gasteiger partial charge in [-0.25, -0.2) is 0 Å². The van der Waals surface area contributed by atoms with E-state index >= 15 is 0 Å². The molecule has 1 aliphatic heterocycles. The van der Waals surface area contributed by atoms with Gasteiger partial charge in [-0.1, -0.05) is 45.0 Å². The molecule has 2 heteroatoms. The normalized spacial score (nSPS) is 26.3. The topological polar surface area (TPSA) is 23.5 Å². The van der Waals surface area contributed by atoms with Gasteiger partial charge in [0.05, 0.1) is 6.10 Å². The van der Waals surface area contributed by atoms with E-state index in [2.05, 4.69) is 49.9 Å². The van der Waals surface area contributed by atoms with E-state index in [0.717, 1.165) is 43.5 Å². The van der Waals surface area contributed by atoms with Crippen molar-refractivity contribution in [3.63, 3.8) is 0 Å². The van der Waals surface area contributed by atoms with Gasteiger partial charge >= 0.3 is 0 Å². The minimum Gasteiger partial charge on any atom is -0.387 e. The second kappa shape index (κ2) is 6.53. The molecule has 19 heavy (non-hydrogen) atoms. The largest absolute Gasteiger partial charge is 0.387 e. The molecule has 2 rings (SSSR count). The zero-order valence-corrected chi connectivity index (χ0v) is 12.5. The molecule has 1 aliphatic rings. The molecule has 0 aromatic heterocycles. The molecule has 2 nitrogen and oxygen atoms in total. The highest BCUT2D eigenvalue weighted by atomic mass is 16.3. The maximum Gasteiger partial charge on any atom is 0.0916 e. The molecule has 1 aromatic rings. The van der Waals surface area contributed by atoms with Crippen molar-refractivity contribution in [2.24, 2.45) is 11.8 Å². The molecule has 1 N–H and O–H groups in total. The highest BCUT2D eigenvalue weighted by molar-refractivity contribution is 5.24. The Labute approximate surface area is 117 Å². The number of piperidine rings is 1. The van der Waals surface area contributed by atoms with Crippen molar-refractivity contribution >= 4 is 0 Å². The number of hydrogen-bond donors (Lipinski definition) is 1. The summed E-state index contributed by atoms with van der Waals surface area (Å²) in [4.78, 5) is 2.41. The first-order valence-corrected chi connectivity index (χ1v) is 7.59. The predicted octanol–water partition coefficient (Wildman–Crippen LogP) is 3.26. The lowest BCUT2D eigenvalue weighted by Crippen LogP contribution is -2.40. The summed E-state index contributed by atoms with van der Waals surface area (Å²) in [5, 5.41) is 10.3. The van der Waals surface area contributed by atoms with Crippen molar-refractivity contribution in [3.05, 3.63) is 35.4 Å². The van der Waals surface area contributed by atoms with Crippen LogP contribution < -0.4 is 0 Å². The Morgan fingerprint density at radius 1 is 1.21 bits per heavy atom. The maximum absolute atomic E-state index is 10.3. The fourth-order valence-corrected chi connectivity index (χ4v) is 2.84. The van der Waals surface area contributed by atoms with Gasteiger partial charge in [0.2, 0.25) is 0 Å².